The monoisotopic (exact) mass is 132 g/mol. The highest BCUT2D eigenvalue weighted by molar-refractivity contribution is 4.76. The van der Waals surface area contributed by atoms with Gasteiger partial charge in [0.05, 0.1) is 13.4 Å². The fourth-order valence-electron chi connectivity index (χ4n) is 0.396. The van der Waals surface area contributed by atoms with Gasteiger partial charge in [-0.15, -0.1) is 0 Å². The lowest BCUT2D eigenvalue weighted by atomic mass is 10.6. The summed E-state index contributed by atoms with van der Waals surface area (Å²) in [5, 5.41) is 0. The van der Waals surface area contributed by atoms with Gasteiger partial charge in [0.15, 0.2) is 6.29 Å². The second kappa shape index (κ2) is 5.59. The highest BCUT2D eigenvalue weighted by Crippen LogP contribution is 1.91. The summed E-state index contributed by atoms with van der Waals surface area (Å²) in [6.45, 7) is 0. The van der Waals surface area contributed by atoms with Crippen LogP contribution >= 0.6 is 0 Å². The zero-order valence-corrected chi connectivity index (χ0v) is 5.96. The summed E-state index contributed by atoms with van der Waals surface area (Å²) >= 11 is 0. The standard InChI is InChI=1S/C6H12O3/c1-7-5-4-6(8-2)9-3/h4-6H,1-3H3/b5-4-. The Labute approximate surface area is 55.2 Å². The topological polar surface area (TPSA) is 27.7 Å². The third-order valence-corrected chi connectivity index (χ3v) is 0.836. The Hall–Kier alpha value is -0.540. The zero-order chi connectivity index (χ0) is 7.11. The molecule has 0 atom stereocenters. The van der Waals surface area contributed by atoms with Crippen LogP contribution in [0.15, 0.2) is 12.3 Å². The van der Waals surface area contributed by atoms with Crippen molar-refractivity contribution in [2.45, 2.75) is 6.29 Å². The van der Waals surface area contributed by atoms with Gasteiger partial charge in [-0.1, -0.05) is 0 Å². The predicted octanol–water partition coefficient (Wildman–Crippen LogP) is 0.765. The molecular weight excluding hydrogens is 120 g/mol. The molecule has 54 valence electrons. The lowest BCUT2D eigenvalue weighted by Gasteiger charge is -2.06. The molecule has 0 fully saturated rings. The van der Waals surface area contributed by atoms with Crippen molar-refractivity contribution in [1.29, 1.82) is 0 Å². The summed E-state index contributed by atoms with van der Waals surface area (Å²) in [7, 11) is 4.70. The van der Waals surface area contributed by atoms with Gasteiger partial charge < -0.3 is 14.2 Å². The summed E-state index contributed by atoms with van der Waals surface area (Å²) in [5.41, 5.74) is 0. The molecule has 0 saturated heterocycles. The first-order valence-electron chi connectivity index (χ1n) is 2.60. The van der Waals surface area contributed by atoms with Crippen molar-refractivity contribution >= 4 is 0 Å². The fourth-order valence-corrected chi connectivity index (χ4v) is 0.396. The van der Waals surface area contributed by atoms with E-state index in [1.807, 2.05) is 0 Å². The number of ether oxygens (including phenoxy) is 3. The molecule has 3 heteroatoms. The quantitative estimate of drug-likeness (QED) is 0.417. The van der Waals surface area contributed by atoms with Crippen LogP contribution < -0.4 is 0 Å². The Bertz CT molecular complexity index is 76.4. The molecule has 0 rings (SSSR count). The van der Waals surface area contributed by atoms with Gasteiger partial charge in [0.1, 0.15) is 0 Å². The molecule has 0 N–H and O–H groups in total. The molecule has 0 unspecified atom stereocenters. The van der Waals surface area contributed by atoms with E-state index >= 15 is 0 Å². The second-order valence-corrected chi connectivity index (χ2v) is 1.40. The van der Waals surface area contributed by atoms with E-state index in [1.165, 1.54) is 6.26 Å². The van der Waals surface area contributed by atoms with Crippen LogP contribution in [0.25, 0.3) is 0 Å². The number of hydrogen-bond donors (Lipinski definition) is 0. The maximum Gasteiger partial charge on any atom is 0.179 e. The van der Waals surface area contributed by atoms with Crippen LogP contribution in [0.3, 0.4) is 0 Å². The Morgan fingerprint density at radius 3 is 2.00 bits per heavy atom. The summed E-state index contributed by atoms with van der Waals surface area (Å²) in [5.74, 6) is 0. The van der Waals surface area contributed by atoms with Gasteiger partial charge in [0, 0.05) is 20.3 Å². The lowest BCUT2D eigenvalue weighted by Crippen LogP contribution is -2.08. The summed E-state index contributed by atoms with van der Waals surface area (Å²) in [6.07, 6.45) is 2.88. The molecule has 0 bridgehead atoms. The van der Waals surface area contributed by atoms with E-state index in [9.17, 15) is 0 Å². The highest BCUT2D eigenvalue weighted by Gasteiger charge is 1.95. The Morgan fingerprint density at radius 2 is 1.67 bits per heavy atom. The van der Waals surface area contributed by atoms with Crippen LogP contribution in [-0.2, 0) is 14.2 Å². The predicted molar refractivity (Wildman–Crippen MR) is 34.0 cm³/mol. The van der Waals surface area contributed by atoms with Crippen molar-refractivity contribution in [2.24, 2.45) is 0 Å². The molecular formula is C6H12O3. The number of hydrogen-bond acceptors (Lipinski definition) is 3. The van der Waals surface area contributed by atoms with E-state index in [0.29, 0.717) is 0 Å². The molecule has 0 amide bonds. The Morgan fingerprint density at radius 1 is 1.11 bits per heavy atom. The first-order valence-corrected chi connectivity index (χ1v) is 2.60. The molecule has 0 radical (unpaired) electrons. The Kier molecular flexibility index (Phi) is 5.26. The van der Waals surface area contributed by atoms with E-state index in [4.69, 9.17) is 9.47 Å². The van der Waals surface area contributed by atoms with E-state index in [2.05, 4.69) is 4.74 Å². The largest absolute Gasteiger partial charge is 0.505 e. The van der Waals surface area contributed by atoms with Crippen LogP contribution in [0.2, 0.25) is 0 Å². The summed E-state index contributed by atoms with van der Waals surface area (Å²) in [4.78, 5) is 0. The van der Waals surface area contributed by atoms with Crippen LogP contribution in [0.4, 0.5) is 0 Å². The van der Waals surface area contributed by atoms with Gasteiger partial charge in [-0.3, -0.25) is 0 Å². The van der Waals surface area contributed by atoms with E-state index in [-0.39, 0.29) is 6.29 Å². The normalized spacial score (nSPS) is 11.1. The molecule has 0 saturated carbocycles. The van der Waals surface area contributed by atoms with Crippen molar-refractivity contribution in [1.82, 2.24) is 0 Å². The van der Waals surface area contributed by atoms with E-state index in [1.54, 1.807) is 27.4 Å². The van der Waals surface area contributed by atoms with Gasteiger partial charge in [0.2, 0.25) is 0 Å². The van der Waals surface area contributed by atoms with Crippen LogP contribution in [0, 0.1) is 0 Å². The minimum absolute atomic E-state index is 0.301. The molecule has 0 aliphatic heterocycles. The summed E-state index contributed by atoms with van der Waals surface area (Å²) in [6, 6.07) is 0. The molecule has 3 nitrogen and oxygen atoms in total. The van der Waals surface area contributed by atoms with E-state index < -0.39 is 0 Å². The number of methoxy groups -OCH3 is 3. The third kappa shape index (κ3) is 4.00. The number of rotatable bonds is 4. The van der Waals surface area contributed by atoms with E-state index in [0.717, 1.165) is 0 Å². The van der Waals surface area contributed by atoms with Crippen molar-refractivity contribution < 1.29 is 14.2 Å². The highest BCUT2D eigenvalue weighted by atomic mass is 16.7. The molecule has 0 spiro atoms. The molecule has 0 aromatic carbocycles. The minimum Gasteiger partial charge on any atom is -0.505 e. The lowest BCUT2D eigenvalue weighted by molar-refractivity contribution is -0.0677. The molecule has 0 aromatic heterocycles. The first kappa shape index (κ1) is 8.46. The van der Waals surface area contributed by atoms with Gasteiger partial charge in [-0.25, -0.2) is 0 Å². The maximum atomic E-state index is 4.81. The van der Waals surface area contributed by atoms with Gasteiger partial charge in [0.25, 0.3) is 0 Å². The maximum absolute atomic E-state index is 4.81. The molecule has 9 heavy (non-hydrogen) atoms. The second-order valence-electron chi connectivity index (χ2n) is 1.40. The third-order valence-electron chi connectivity index (χ3n) is 0.836. The molecule has 0 heterocycles. The average molecular weight is 132 g/mol. The molecule has 0 aliphatic rings. The van der Waals surface area contributed by atoms with Crippen molar-refractivity contribution in [3.8, 4) is 0 Å². The first-order chi connectivity index (χ1) is 4.35. The SMILES string of the molecule is CO/C=C\C(OC)OC. The van der Waals surface area contributed by atoms with Crippen molar-refractivity contribution in [3.05, 3.63) is 12.3 Å². The molecule has 0 aromatic rings. The van der Waals surface area contributed by atoms with Gasteiger partial charge in [-0.05, 0) is 0 Å². The minimum atomic E-state index is -0.301. The average Bonchev–Trinajstić information content (AvgIpc) is 1.91. The van der Waals surface area contributed by atoms with Crippen LogP contribution in [-0.4, -0.2) is 27.6 Å². The fraction of sp³-hybridized carbons (Fsp3) is 0.667. The van der Waals surface area contributed by atoms with Crippen LogP contribution in [0.1, 0.15) is 0 Å². The molecule has 0 aliphatic carbocycles. The van der Waals surface area contributed by atoms with Gasteiger partial charge >= 0.3 is 0 Å². The zero-order valence-electron chi connectivity index (χ0n) is 5.96. The Balaban J connectivity index is 3.41. The van der Waals surface area contributed by atoms with Gasteiger partial charge in [-0.2, -0.15) is 0 Å². The summed E-state index contributed by atoms with van der Waals surface area (Å²) < 4.78 is 14.3. The van der Waals surface area contributed by atoms with Crippen molar-refractivity contribution in [3.63, 3.8) is 0 Å². The van der Waals surface area contributed by atoms with Crippen molar-refractivity contribution in [2.75, 3.05) is 21.3 Å². The van der Waals surface area contributed by atoms with Crippen LogP contribution in [0.5, 0.6) is 0 Å². The smallest absolute Gasteiger partial charge is 0.179 e.